The minimum Gasteiger partial charge on any atom is -0.339 e. The van der Waals surface area contributed by atoms with Gasteiger partial charge >= 0.3 is 0 Å². The van der Waals surface area contributed by atoms with Gasteiger partial charge in [0.05, 0.1) is 0 Å². The highest BCUT2D eigenvalue weighted by Gasteiger charge is 2.19. The molecule has 120 valence electrons. The summed E-state index contributed by atoms with van der Waals surface area (Å²) in [5, 5.41) is 4.15. The molecular formula is C16H25N5O. The van der Waals surface area contributed by atoms with Crippen LogP contribution >= 0.6 is 0 Å². The van der Waals surface area contributed by atoms with E-state index in [4.69, 9.17) is 4.52 Å². The van der Waals surface area contributed by atoms with Crippen LogP contribution in [0.4, 0.5) is 0 Å². The van der Waals surface area contributed by atoms with Crippen LogP contribution in [0, 0.1) is 5.92 Å². The summed E-state index contributed by atoms with van der Waals surface area (Å²) >= 11 is 0. The summed E-state index contributed by atoms with van der Waals surface area (Å²) in [6, 6.07) is 0. The summed E-state index contributed by atoms with van der Waals surface area (Å²) in [6.45, 7) is 5.32. The molecular weight excluding hydrogens is 278 g/mol. The maximum atomic E-state index is 5.39. The van der Waals surface area contributed by atoms with E-state index >= 15 is 0 Å². The van der Waals surface area contributed by atoms with Crippen LogP contribution in [-0.4, -0.2) is 44.7 Å². The van der Waals surface area contributed by atoms with Crippen LogP contribution in [0.15, 0.2) is 16.9 Å². The highest BCUT2D eigenvalue weighted by molar-refractivity contribution is 4.94. The van der Waals surface area contributed by atoms with E-state index in [0.29, 0.717) is 5.92 Å². The lowest BCUT2D eigenvalue weighted by molar-refractivity contribution is 0.216. The second-order valence-corrected chi connectivity index (χ2v) is 6.20. The van der Waals surface area contributed by atoms with Gasteiger partial charge in [-0.3, -0.25) is 0 Å². The first kappa shape index (κ1) is 15.2. The van der Waals surface area contributed by atoms with Gasteiger partial charge in [0.1, 0.15) is 5.82 Å². The van der Waals surface area contributed by atoms with Crippen LogP contribution in [0.1, 0.15) is 37.3 Å². The summed E-state index contributed by atoms with van der Waals surface area (Å²) in [5.41, 5.74) is 0. The van der Waals surface area contributed by atoms with Crippen molar-refractivity contribution in [1.82, 2.24) is 24.6 Å². The Kier molecular flexibility index (Phi) is 4.87. The molecule has 3 rings (SSSR count). The lowest BCUT2D eigenvalue weighted by Gasteiger charge is -2.28. The zero-order valence-electron chi connectivity index (χ0n) is 13.5. The topological polar surface area (TPSA) is 60.0 Å². The molecule has 6 nitrogen and oxygen atoms in total. The van der Waals surface area contributed by atoms with Crippen molar-refractivity contribution in [2.24, 2.45) is 5.92 Å². The monoisotopic (exact) mass is 303 g/mol. The second-order valence-electron chi connectivity index (χ2n) is 6.20. The number of imidazole rings is 1. The molecule has 1 aliphatic heterocycles. The molecule has 0 radical (unpaired) electrons. The van der Waals surface area contributed by atoms with Crippen molar-refractivity contribution in [3.63, 3.8) is 0 Å². The lowest BCUT2D eigenvalue weighted by Crippen LogP contribution is -2.31. The normalized spacial score (nSPS) is 17.2. The number of hydrogen-bond donors (Lipinski definition) is 0. The minimum absolute atomic E-state index is 0.696. The molecule has 1 aliphatic rings. The predicted molar refractivity (Wildman–Crippen MR) is 83.5 cm³/mol. The number of nitrogens with zero attached hydrogens (tertiary/aromatic N) is 5. The second kappa shape index (κ2) is 7.05. The van der Waals surface area contributed by atoms with E-state index in [-0.39, 0.29) is 0 Å². The fourth-order valence-electron chi connectivity index (χ4n) is 3.07. The Bertz CT molecular complexity index is 583. The molecule has 0 aromatic carbocycles. The average Bonchev–Trinajstić information content (AvgIpc) is 3.16. The van der Waals surface area contributed by atoms with Gasteiger partial charge in [-0.15, -0.1) is 0 Å². The van der Waals surface area contributed by atoms with Gasteiger partial charge in [-0.2, -0.15) is 4.98 Å². The van der Waals surface area contributed by atoms with E-state index in [2.05, 4.69) is 38.6 Å². The van der Waals surface area contributed by atoms with Gasteiger partial charge in [-0.1, -0.05) is 12.1 Å². The van der Waals surface area contributed by atoms with Gasteiger partial charge in [-0.05, 0) is 38.9 Å². The summed E-state index contributed by atoms with van der Waals surface area (Å²) in [5.74, 6) is 3.40. The van der Waals surface area contributed by atoms with Gasteiger partial charge in [0, 0.05) is 38.2 Å². The van der Waals surface area contributed by atoms with Crippen molar-refractivity contribution in [1.29, 1.82) is 0 Å². The van der Waals surface area contributed by atoms with E-state index < -0.39 is 0 Å². The number of aromatic nitrogens is 4. The van der Waals surface area contributed by atoms with E-state index in [1.54, 1.807) is 0 Å². The predicted octanol–water partition coefficient (Wildman–Crippen LogP) is 1.96. The third kappa shape index (κ3) is 3.74. The minimum atomic E-state index is 0.696. The number of rotatable bonds is 6. The first-order valence-corrected chi connectivity index (χ1v) is 8.24. The van der Waals surface area contributed by atoms with Gasteiger partial charge in [0.15, 0.2) is 5.82 Å². The van der Waals surface area contributed by atoms with E-state index in [1.165, 1.54) is 25.9 Å². The van der Waals surface area contributed by atoms with Gasteiger partial charge < -0.3 is 14.0 Å². The Morgan fingerprint density at radius 2 is 2.14 bits per heavy atom. The molecule has 0 aliphatic carbocycles. The van der Waals surface area contributed by atoms with Crippen molar-refractivity contribution in [2.45, 2.75) is 45.6 Å². The molecule has 3 heterocycles. The third-order valence-corrected chi connectivity index (χ3v) is 4.50. The van der Waals surface area contributed by atoms with Crippen LogP contribution in [0.2, 0.25) is 0 Å². The third-order valence-electron chi connectivity index (χ3n) is 4.50. The van der Waals surface area contributed by atoms with E-state index in [0.717, 1.165) is 43.3 Å². The van der Waals surface area contributed by atoms with Crippen molar-refractivity contribution in [2.75, 3.05) is 20.1 Å². The molecule has 0 atom stereocenters. The summed E-state index contributed by atoms with van der Waals surface area (Å²) < 4.78 is 7.55. The van der Waals surface area contributed by atoms with Gasteiger partial charge in [0.25, 0.3) is 0 Å². The summed E-state index contributed by atoms with van der Waals surface area (Å²) in [7, 11) is 2.18. The molecule has 1 saturated heterocycles. The van der Waals surface area contributed by atoms with Crippen molar-refractivity contribution < 1.29 is 4.52 Å². The molecule has 0 unspecified atom stereocenters. The molecule has 0 saturated carbocycles. The van der Waals surface area contributed by atoms with Crippen LogP contribution in [-0.2, 0) is 25.8 Å². The smallest absolute Gasteiger partial charge is 0.228 e. The fraction of sp³-hybridized carbons (Fsp3) is 0.688. The Hall–Kier alpha value is -1.69. The molecule has 2 aromatic rings. The largest absolute Gasteiger partial charge is 0.339 e. The Labute approximate surface area is 131 Å². The quantitative estimate of drug-likeness (QED) is 0.816. The molecule has 6 heteroatoms. The average molecular weight is 303 g/mol. The summed E-state index contributed by atoms with van der Waals surface area (Å²) in [4.78, 5) is 11.3. The summed E-state index contributed by atoms with van der Waals surface area (Å²) in [6.07, 6.45) is 8.97. The Balaban J connectivity index is 1.51. The highest BCUT2D eigenvalue weighted by atomic mass is 16.5. The molecule has 0 amide bonds. The van der Waals surface area contributed by atoms with Crippen LogP contribution in [0.3, 0.4) is 0 Å². The highest BCUT2D eigenvalue weighted by Crippen LogP contribution is 2.19. The van der Waals surface area contributed by atoms with Crippen LogP contribution < -0.4 is 0 Å². The SMILES string of the molecule is CCc1nccn1CCc1nc(CC2CCN(C)CC2)no1. The maximum Gasteiger partial charge on any atom is 0.228 e. The first-order chi connectivity index (χ1) is 10.7. The van der Waals surface area contributed by atoms with Crippen LogP contribution in [0.5, 0.6) is 0 Å². The molecule has 0 N–H and O–H groups in total. The zero-order chi connectivity index (χ0) is 15.4. The van der Waals surface area contributed by atoms with Crippen LogP contribution in [0.25, 0.3) is 0 Å². The Morgan fingerprint density at radius 3 is 2.91 bits per heavy atom. The maximum absolute atomic E-state index is 5.39. The molecule has 0 spiro atoms. The number of aryl methyl sites for hydroxylation is 3. The number of likely N-dealkylation sites (tertiary alicyclic amines) is 1. The Morgan fingerprint density at radius 1 is 1.32 bits per heavy atom. The first-order valence-electron chi connectivity index (χ1n) is 8.24. The molecule has 22 heavy (non-hydrogen) atoms. The zero-order valence-corrected chi connectivity index (χ0v) is 13.5. The van der Waals surface area contributed by atoms with E-state index in [1.807, 2.05) is 12.4 Å². The van der Waals surface area contributed by atoms with Gasteiger partial charge in [0.2, 0.25) is 5.89 Å². The van der Waals surface area contributed by atoms with Gasteiger partial charge in [-0.25, -0.2) is 4.98 Å². The van der Waals surface area contributed by atoms with Crippen molar-refractivity contribution in [3.8, 4) is 0 Å². The van der Waals surface area contributed by atoms with Crippen molar-refractivity contribution >= 4 is 0 Å². The van der Waals surface area contributed by atoms with E-state index in [9.17, 15) is 0 Å². The lowest BCUT2D eigenvalue weighted by atomic mass is 9.94. The molecule has 1 fully saturated rings. The standard InChI is InChI=1S/C16H25N5O/c1-3-15-17-7-11-21(15)10-6-16-18-14(19-22-16)12-13-4-8-20(2)9-5-13/h7,11,13H,3-6,8-10,12H2,1-2H3. The number of piperidine rings is 1. The molecule has 2 aromatic heterocycles. The van der Waals surface area contributed by atoms with Crippen molar-refractivity contribution in [3.05, 3.63) is 29.9 Å². The molecule has 0 bridgehead atoms. The number of hydrogen-bond acceptors (Lipinski definition) is 5. The fourth-order valence-corrected chi connectivity index (χ4v) is 3.07.